The molecule has 3 aromatic rings. The fourth-order valence-electron chi connectivity index (χ4n) is 3.08. The molecule has 1 aliphatic rings. The Balaban J connectivity index is 1.58. The monoisotopic (exact) mass is 408 g/mol. The number of carbonyl (C=O) groups is 2. The Morgan fingerprint density at radius 3 is 2.68 bits per heavy atom. The first-order valence-corrected chi connectivity index (χ1v) is 9.94. The minimum Gasteiger partial charge on any atom is -0.348 e. The molecule has 140 valence electrons. The molecule has 28 heavy (non-hydrogen) atoms. The highest BCUT2D eigenvalue weighted by Crippen LogP contribution is 2.41. The molecule has 1 aliphatic heterocycles. The summed E-state index contributed by atoms with van der Waals surface area (Å²) in [6, 6.07) is 20.3. The van der Waals surface area contributed by atoms with E-state index in [1.807, 2.05) is 48.5 Å². The van der Waals surface area contributed by atoms with Crippen LogP contribution in [0.15, 0.2) is 76.5 Å². The molecular weight excluding hydrogens is 392 g/mol. The summed E-state index contributed by atoms with van der Waals surface area (Å²) in [6.07, 6.45) is 0. The number of benzene rings is 3. The summed E-state index contributed by atoms with van der Waals surface area (Å²) in [4.78, 5) is 28.9. The molecular formula is C22H17ClN2O2S. The molecule has 0 spiro atoms. The summed E-state index contributed by atoms with van der Waals surface area (Å²) in [5, 5.41) is 3.53. The molecule has 0 aromatic heterocycles. The molecule has 4 rings (SSSR count). The highest BCUT2D eigenvalue weighted by Gasteiger charge is 2.25. The van der Waals surface area contributed by atoms with Gasteiger partial charge in [0.1, 0.15) is 0 Å². The SMILES string of the molecule is CN1C(=O)c2ccccc2Sc2ccc(C(=O)NCc3cccc(Cl)c3)cc21. The number of rotatable bonds is 3. The maximum Gasteiger partial charge on any atom is 0.259 e. The molecule has 0 saturated carbocycles. The van der Waals surface area contributed by atoms with E-state index >= 15 is 0 Å². The van der Waals surface area contributed by atoms with Crippen molar-refractivity contribution in [3.8, 4) is 0 Å². The third-order valence-electron chi connectivity index (χ3n) is 4.57. The zero-order chi connectivity index (χ0) is 19.7. The zero-order valence-corrected chi connectivity index (χ0v) is 16.7. The molecule has 2 amide bonds. The molecule has 0 bridgehead atoms. The van der Waals surface area contributed by atoms with Gasteiger partial charge in [0.25, 0.3) is 11.8 Å². The van der Waals surface area contributed by atoms with Crippen molar-refractivity contribution >= 4 is 40.9 Å². The summed E-state index contributed by atoms with van der Waals surface area (Å²) in [5.41, 5.74) is 2.82. The summed E-state index contributed by atoms with van der Waals surface area (Å²) in [7, 11) is 1.73. The molecule has 0 unspecified atom stereocenters. The van der Waals surface area contributed by atoms with Crippen molar-refractivity contribution in [3.05, 3.63) is 88.4 Å². The molecule has 0 radical (unpaired) electrons. The lowest BCUT2D eigenvalue weighted by Crippen LogP contribution is -2.27. The van der Waals surface area contributed by atoms with E-state index in [0.29, 0.717) is 22.7 Å². The second-order valence-electron chi connectivity index (χ2n) is 6.46. The fourth-order valence-corrected chi connectivity index (χ4v) is 4.38. The predicted octanol–water partition coefficient (Wildman–Crippen LogP) is 5.01. The maximum absolute atomic E-state index is 12.8. The van der Waals surface area contributed by atoms with Crippen molar-refractivity contribution in [1.82, 2.24) is 5.32 Å². The molecule has 0 saturated heterocycles. The van der Waals surface area contributed by atoms with Crippen LogP contribution < -0.4 is 10.2 Å². The Labute approximate surface area is 172 Å². The van der Waals surface area contributed by atoms with Gasteiger partial charge in [-0.3, -0.25) is 9.59 Å². The first-order chi connectivity index (χ1) is 13.5. The average molecular weight is 409 g/mol. The van der Waals surface area contributed by atoms with E-state index in [-0.39, 0.29) is 11.8 Å². The molecule has 1 heterocycles. The van der Waals surface area contributed by atoms with Crippen LogP contribution in [-0.2, 0) is 6.54 Å². The van der Waals surface area contributed by atoms with Crippen LogP contribution in [0.1, 0.15) is 26.3 Å². The minimum absolute atomic E-state index is 0.0849. The number of hydrogen-bond donors (Lipinski definition) is 1. The van der Waals surface area contributed by atoms with Gasteiger partial charge in [-0.1, -0.05) is 47.6 Å². The fraction of sp³-hybridized carbons (Fsp3) is 0.0909. The van der Waals surface area contributed by atoms with Crippen molar-refractivity contribution in [2.75, 3.05) is 11.9 Å². The van der Waals surface area contributed by atoms with Crippen LogP contribution in [0.3, 0.4) is 0 Å². The number of fused-ring (bicyclic) bond motifs is 2. The second-order valence-corrected chi connectivity index (χ2v) is 7.98. The van der Waals surface area contributed by atoms with Gasteiger partial charge in [-0.25, -0.2) is 0 Å². The third-order valence-corrected chi connectivity index (χ3v) is 5.94. The van der Waals surface area contributed by atoms with Gasteiger partial charge in [0.05, 0.1) is 11.3 Å². The van der Waals surface area contributed by atoms with Crippen LogP contribution in [0.5, 0.6) is 0 Å². The molecule has 4 nitrogen and oxygen atoms in total. The van der Waals surface area contributed by atoms with E-state index in [9.17, 15) is 9.59 Å². The van der Waals surface area contributed by atoms with E-state index in [1.54, 1.807) is 30.1 Å². The van der Waals surface area contributed by atoms with Gasteiger partial charge in [0.15, 0.2) is 0 Å². The molecule has 6 heteroatoms. The van der Waals surface area contributed by atoms with E-state index in [2.05, 4.69) is 5.32 Å². The molecule has 3 aromatic carbocycles. The second kappa shape index (κ2) is 7.70. The van der Waals surface area contributed by atoms with E-state index in [1.165, 1.54) is 11.8 Å². The van der Waals surface area contributed by atoms with Gasteiger partial charge in [-0.2, -0.15) is 0 Å². The molecule has 0 aliphatic carbocycles. The molecule has 1 N–H and O–H groups in total. The van der Waals surface area contributed by atoms with E-state index in [0.717, 1.165) is 21.0 Å². The summed E-state index contributed by atoms with van der Waals surface area (Å²) in [6.45, 7) is 0.380. The van der Waals surface area contributed by atoms with Crippen molar-refractivity contribution < 1.29 is 9.59 Å². The topological polar surface area (TPSA) is 49.4 Å². The van der Waals surface area contributed by atoms with Gasteiger partial charge in [-0.05, 0) is 48.0 Å². The number of nitrogens with zero attached hydrogens (tertiary/aromatic N) is 1. The van der Waals surface area contributed by atoms with Crippen LogP contribution in [0, 0.1) is 0 Å². The summed E-state index contributed by atoms with van der Waals surface area (Å²) in [5.74, 6) is -0.284. The van der Waals surface area contributed by atoms with Crippen molar-refractivity contribution in [2.45, 2.75) is 16.3 Å². The maximum atomic E-state index is 12.8. The minimum atomic E-state index is -0.199. The first kappa shape index (κ1) is 18.6. The van der Waals surface area contributed by atoms with Crippen LogP contribution in [-0.4, -0.2) is 18.9 Å². The predicted molar refractivity (Wildman–Crippen MR) is 112 cm³/mol. The molecule has 0 atom stereocenters. The largest absolute Gasteiger partial charge is 0.348 e. The molecule has 0 fully saturated rings. The summed E-state index contributed by atoms with van der Waals surface area (Å²) < 4.78 is 0. The highest BCUT2D eigenvalue weighted by molar-refractivity contribution is 7.99. The smallest absolute Gasteiger partial charge is 0.259 e. The van der Waals surface area contributed by atoms with Crippen LogP contribution in [0.4, 0.5) is 5.69 Å². The van der Waals surface area contributed by atoms with Crippen LogP contribution >= 0.6 is 23.4 Å². The number of halogens is 1. The number of hydrogen-bond acceptors (Lipinski definition) is 3. The average Bonchev–Trinajstić information content (AvgIpc) is 2.81. The van der Waals surface area contributed by atoms with E-state index in [4.69, 9.17) is 11.6 Å². The Hall–Kier alpha value is -2.76. The quantitative estimate of drug-likeness (QED) is 0.662. The third kappa shape index (κ3) is 3.63. The van der Waals surface area contributed by atoms with Crippen LogP contribution in [0.2, 0.25) is 5.02 Å². The Morgan fingerprint density at radius 2 is 1.86 bits per heavy atom. The lowest BCUT2D eigenvalue weighted by Gasteiger charge is -2.18. The van der Waals surface area contributed by atoms with Gasteiger partial charge in [0, 0.05) is 34.0 Å². The highest BCUT2D eigenvalue weighted by atomic mass is 35.5. The number of amides is 2. The van der Waals surface area contributed by atoms with Crippen molar-refractivity contribution in [2.24, 2.45) is 0 Å². The Kier molecular flexibility index (Phi) is 5.11. The van der Waals surface area contributed by atoms with E-state index < -0.39 is 0 Å². The first-order valence-electron chi connectivity index (χ1n) is 8.74. The number of nitrogens with one attached hydrogen (secondary N) is 1. The van der Waals surface area contributed by atoms with Crippen molar-refractivity contribution in [1.29, 1.82) is 0 Å². The van der Waals surface area contributed by atoms with Gasteiger partial charge in [-0.15, -0.1) is 0 Å². The summed E-state index contributed by atoms with van der Waals surface area (Å²) >= 11 is 7.52. The van der Waals surface area contributed by atoms with Crippen molar-refractivity contribution in [3.63, 3.8) is 0 Å². The lowest BCUT2D eigenvalue weighted by molar-refractivity contribution is 0.0948. The van der Waals surface area contributed by atoms with Crippen LogP contribution in [0.25, 0.3) is 0 Å². The van der Waals surface area contributed by atoms with Gasteiger partial charge in [0.2, 0.25) is 0 Å². The number of anilines is 1. The number of carbonyl (C=O) groups excluding carboxylic acids is 2. The Morgan fingerprint density at radius 1 is 1.04 bits per heavy atom. The Bertz CT molecular complexity index is 1080. The lowest BCUT2D eigenvalue weighted by atomic mass is 10.1. The standard InChI is InChI=1S/C22H17ClN2O2S/c1-25-18-12-15(21(26)24-13-14-5-4-6-16(23)11-14)9-10-20(18)28-19-8-3-2-7-17(19)22(25)27/h2-12H,13H2,1H3,(H,24,26). The zero-order valence-electron chi connectivity index (χ0n) is 15.1. The normalized spacial score (nSPS) is 12.8. The van der Waals surface area contributed by atoms with Gasteiger partial charge >= 0.3 is 0 Å². The van der Waals surface area contributed by atoms with Gasteiger partial charge < -0.3 is 10.2 Å².